The van der Waals surface area contributed by atoms with Crippen LogP contribution in [0.15, 0.2) is 48.5 Å². The van der Waals surface area contributed by atoms with Gasteiger partial charge in [0.15, 0.2) is 6.04 Å². The summed E-state index contributed by atoms with van der Waals surface area (Å²) in [5.74, 6) is -1.98. The number of hydrogen-bond donors (Lipinski definition) is 4. The molecule has 3 rings (SSSR count). The summed E-state index contributed by atoms with van der Waals surface area (Å²) in [6.45, 7) is 1.02. The minimum Gasteiger partial charge on any atom is -0.479 e. The van der Waals surface area contributed by atoms with Crippen LogP contribution in [0.25, 0.3) is 0 Å². The Hall–Kier alpha value is -3.72. The summed E-state index contributed by atoms with van der Waals surface area (Å²) in [6.07, 6.45) is 4.40. The molecule has 0 fully saturated rings. The van der Waals surface area contributed by atoms with E-state index in [0.717, 1.165) is 30.4 Å². The number of carboxylic acids is 1. The van der Waals surface area contributed by atoms with Crippen molar-refractivity contribution in [2.75, 3.05) is 6.54 Å². The van der Waals surface area contributed by atoms with Crippen LogP contribution in [-0.2, 0) is 27.3 Å². The van der Waals surface area contributed by atoms with E-state index in [1.807, 2.05) is 6.07 Å². The molecule has 4 N–H and O–H groups in total. The summed E-state index contributed by atoms with van der Waals surface area (Å²) in [6, 6.07) is 12.7. The number of amides is 3. The molecule has 9 nitrogen and oxygen atoms in total. The molecule has 1 atom stereocenters. The van der Waals surface area contributed by atoms with E-state index >= 15 is 0 Å². The lowest BCUT2D eigenvalue weighted by Gasteiger charge is -2.29. The highest BCUT2D eigenvalue weighted by Gasteiger charge is 2.25. The summed E-state index contributed by atoms with van der Waals surface area (Å²) in [7, 11) is 0. The average molecular weight is 482 g/mol. The van der Waals surface area contributed by atoms with Gasteiger partial charge < -0.3 is 15.3 Å². The Labute approximate surface area is 204 Å². The number of nitrogens with one attached hydrogen (secondary N) is 2. The van der Waals surface area contributed by atoms with E-state index in [-0.39, 0.29) is 12.3 Å². The summed E-state index contributed by atoms with van der Waals surface area (Å²) in [5, 5.41) is 20.6. The van der Waals surface area contributed by atoms with Gasteiger partial charge in [-0.25, -0.2) is 10.3 Å². The standard InChI is InChI=1S/C26H31N3O6/c30-22(28-35)10-6-1-2-7-11-23(31)29-15-14-18-12-13-20(16-21(18)17-29)25(32)27-24(26(33)34)19-8-4-3-5-9-19/h3-5,8-9,12-13,16,24,35H,1-2,6-7,10-11,14-15,17H2,(H,27,32)(H,28,30)(H,33,34)/t24-/m0/s1. The second-order valence-electron chi connectivity index (χ2n) is 8.65. The second kappa shape index (κ2) is 12.7. The first-order valence-electron chi connectivity index (χ1n) is 11.8. The van der Waals surface area contributed by atoms with Crippen molar-refractivity contribution in [3.8, 4) is 0 Å². The number of rotatable bonds is 11. The average Bonchev–Trinajstić information content (AvgIpc) is 2.88. The van der Waals surface area contributed by atoms with E-state index in [4.69, 9.17) is 5.21 Å². The van der Waals surface area contributed by atoms with Gasteiger partial charge in [-0.2, -0.15) is 0 Å². The molecule has 35 heavy (non-hydrogen) atoms. The lowest BCUT2D eigenvalue weighted by atomic mass is 9.96. The quantitative estimate of drug-likeness (QED) is 0.221. The van der Waals surface area contributed by atoms with E-state index in [2.05, 4.69) is 5.32 Å². The second-order valence-corrected chi connectivity index (χ2v) is 8.65. The third kappa shape index (κ3) is 7.38. The summed E-state index contributed by atoms with van der Waals surface area (Å²) in [4.78, 5) is 50.0. The van der Waals surface area contributed by atoms with Crippen LogP contribution in [0.2, 0.25) is 0 Å². The maximum absolute atomic E-state index is 12.8. The first-order valence-corrected chi connectivity index (χ1v) is 11.8. The van der Waals surface area contributed by atoms with Crippen molar-refractivity contribution in [1.29, 1.82) is 0 Å². The largest absolute Gasteiger partial charge is 0.479 e. The normalized spacial score (nSPS) is 13.5. The van der Waals surface area contributed by atoms with Crippen molar-refractivity contribution in [2.24, 2.45) is 0 Å². The Morgan fingerprint density at radius 2 is 1.63 bits per heavy atom. The SMILES string of the molecule is O=C(CCCCCCC(=O)N1CCc2ccc(C(=O)N[C@H](C(=O)O)c3ccccc3)cc2C1)NO. The molecule has 1 aliphatic heterocycles. The topological polar surface area (TPSA) is 136 Å². The number of hydroxylamine groups is 1. The van der Waals surface area contributed by atoms with Crippen molar-refractivity contribution >= 4 is 23.7 Å². The van der Waals surface area contributed by atoms with Crippen LogP contribution in [-0.4, -0.2) is 45.4 Å². The summed E-state index contributed by atoms with van der Waals surface area (Å²) < 4.78 is 0. The molecule has 1 aliphatic rings. The van der Waals surface area contributed by atoms with Gasteiger partial charge in [0.05, 0.1) is 0 Å². The van der Waals surface area contributed by atoms with Gasteiger partial charge in [-0.1, -0.05) is 49.2 Å². The molecule has 1 heterocycles. The van der Waals surface area contributed by atoms with Gasteiger partial charge in [0.1, 0.15) is 0 Å². The van der Waals surface area contributed by atoms with E-state index in [9.17, 15) is 24.3 Å². The Kier molecular flexibility index (Phi) is 9.37. The number of nitrogens with zero attached hydrogens (tertiary/aromatic N) is 1. The number of fused-ring (bicyclic) bond motifs is 1. The molecule has 0 saturated heterocycles. The van der Waals surface area contributed by atoms with Crippen molar-refractivity contribution in [3.63, 3.8) is 0 Å². The van der Waals surface area contributed by atoms with Crippen LogP contribution in [0.3, 0.4) is 0 Å². The zero-order chi connectivity index (χ0) is 25.2. The predicted molar refractivity (Wildman–Crippen MR) is 127 cm³/mol. The fourth-order valence-corrected chi connectivity index (χ4v) is 4.19. The summed E-state index contributed by atoms with van der Waals surface area (Å²) >= 11 is 0. The highest BCUT2D eigenvalue weighted by Crippen LogP contribution is 2.22. The molecular weight excluding hydrogens is 450 g/mol. The summed E-state index contributed by atoms with van der Waals surface area (Å²) in [5.41, 5.74) is 4.41. The molecule has 0 radical (unpaired) electrons. The van der Waals surface area contributed by atoms with Crippen molar-refractivity contribution in [1.82, 2.24) is 15.7 Å². The fourth-order valence-electron chi connectivity index (χ4n) is 4.19. The first-order chi connectivity index (χ1) is 16.9. The Morgan fingerprint density at radius 1 is 0.914 bits per heavy atom. The minimum absolute atomic E-state index is 0.0497. The molecule has 2 aromatic carbocycles. The molecule has 2 aromatic rings. The molecule has 0 spiro atoms. The third-order valence-electron chi connectivity index (χ3n) is 6.16. The minimum atomic E-state index is -1.16. The van der Waals surface area contributed by atoms with Crippen molar-refractivity contribution in [3.05, 3.63) is 70.8 Å². The molecule has 3 amide bonds. The lowest BCUT2D eigenvalue weighted by molar-refractivity contribution is -0.139. The van der Waals surface area contributed by atoms with Crippen LogP contribution < -0.4 is 10.8 Å². The predicted octanol–water partition coefficient (Wildman–Crippen LogP) is 2.97. The van der Waals surface area contributed by atoms with Gasteiger partial charge in [0.25, 0.3) is 5.91 Å². The van der Waals surface area contributed by atoms with Crippen molar-refractivity contribution in [2.45, 2.75) is 57.5 Å². The molecule has 0 saturated carbocycles. The zero-order valence-electron chi connectivity index (χ0n) is 19.5. The van der Waals surface area contributed by atoms with Gasteiger partial charge in [0.2, 0.25) is 11.8 Å². The Balaban J connectivity index is 1.55. The van der Waals surface area contributed by atoms with E-state index in [1.54, 1.807) is 52.8 Å². The van der Waals surface area contributed by atoms with Crippen LogP contribution in [0.4, 0.5) is 0 Å². The monoisotopic (exact) mass is 481 g/mol. The van der Waals surface area contributed by atoms with Crippen molar-refractivity contribution < 1.29 is 29.5 Å². The molecule has 0 unspecified atom stereocenters. The number of hydrogen-bond acceptors (Lipinski definition) is 5. The van der Waals surface area contributed by atoms with Gasteiger partial charge in [0, 0.05) is 31.5 Å². The molecule has 0 aliphatic carbocycles. The number of benzene rings is 2. The maximum Gasteiger partial charge on any atom is 0.330 e. The highest BCUT2D eigenvalue weighted by atomic mass is 16.5. The number of carboxylic acid groups (broad SMARTS) is 1. The van der Waals surface area contributed by atoms with Crippen LogP contribution in [0.5, 0.6) is 0 Å². The third-order valence-corrected chi connectivity index (χ3v) is 6.16. The smallest absolute Gasteiger partial charge is 0.330 e. The molecule has 0 aromatic heterocycles. The highest BCUT2D eigenvalue weighted by molar-refractivity contribution is 5.97. The molecule has 9 heteroatoms. The zero-order valence-corrected chi connectivity index (χ0v) is 19.5. The van der Waals surface area contributed by atoms with E-state index < -0.39 is 23.8 Å². The lowest BCUT2D eigenvalue weighted by Crippen LogP contribution is -2.36. The van der Waals surface area contributed by atoms with Crippen LogP contribution in [0.1, 0.15) is 71.6 Å². The maximum atomic E-state index is 12.8. The number of unbranched alkanes of at least 4 members (excludes halogenated alkanes) is 3. The number of aliphatic carboxylic acids is 1. The van der Waals surface area contributed by atoms with Gasteiger partial charge in [-0.15, -0.1) is 0 Å². The van der Waals surface area contributed by atoms with Crippen LogP contribution in [0, 0.1) is 0 Å². The molecular formula is C26H31N3O6. The Morgan fingerprint density at radius 3 is 2.31 bits per heavy atom. The van der Waals surface area contributed by atoms with Gasteiger partial charge >= 0.3 is 5.97 Å². The first kappa shape index (κ1) is 25.9. The van der Waals surface area contributed by atoms with Gasteiger partial charge in [-0.3, -0.25) is 19.6 Å². The molecule has 0 bridgehead atoms. The van der Waals surface area contributed by atoms with E-state index in [1.165, 1.54) is 0 Å². The van der Waals surface area contributed by atoms with E-state index in [0.29, 0.717) is 43.5 Å². The van der Waals surface area contributed by atoms with Gasteiger partial charge in [-0.05, 0) is 48.1 Å². The molecule has 186 valence electrons. The Bertz CT molecular complexity index is 1060. The fraction of sp³-hybridized carbons (Fsp3) is 0.385. The van der Waals surface area contributed by atoms with Crippen LogP contribution >= 0.6 is 0 Å². The number of carbonyl (C=O) groups is 4. The number of carbonyl (C=O) groups excluding carboxylic acids is 3.